The summed E-state index contributed by atoms with van der Waals surface area (Å²) in [7, 11) is 0. The average Bonchev–Trinajstić information content (AvgIpc) is 2.87. The molecule has 21 heavy (non-hydrogen) atoms. The minimum atomic E-state index is -0.806. The average molecular weight is 305 g/mol. The first-order chi connectivity index (χ1) is 10.2. The first-order valence-electron chi connectivity index (χ1n) is 7.10. The summed E-state index contributed by atoms with van der Waals surface area (Å²) < 4.78 is 1.27. The van der Waals surface area contributed by atoms with Crippen molar-refractivity contribution >= 4 is 33.3 Å². The lowest BCUT2D eigenvalue weighted by Crippen LogP contribution is -2.25. The van der Waals surface area contributed by atoms with Crippen molar-refractivity contribution < 1.29 is 14.7 Å². The lowest BCUT2D eigenvalue weighted by molar-refractivity contribution is -0.137. The fourth-order valence-corrected chi connectivity index (χ4v) is 3.21. The number of carbonyl (C=O) groups is 2. The Morgan fingerprint density at radius 3 is 2.71 bits per heavy atom. The molecule has 0 bridgehead atoms. The molecule has 2 rings (SSSR count). The third-order valence-corrected chi connectivity index (χ3v) is 4.33. The Hall–Kier alpha value is -1.88. The van der Waals surface area contributed by atoms with Crippen LogP contribution >= 0.6 is 11.3 Å². The predicted molar refractivity (Wildman–Crippen MR) is 84.6 cm³/mol. The van der Waals surface area contributed by atoms with Crippen molar-refractivity contribution in [2.24, 2.45) is 0 Å². The van der Waals surface area contributed by atoms with E-state index in [-0.39, 0.29) is 12.3 Å². The number of amides is 1. The van der Waals surface area contributed by atoms with Gasteiger partial charge < -0.3 is 10.4 Å². The number of benzene rings is 1. The molecule has 4 nitrogen and oxygen atoms in total. The maximum atomic E-state index is 11.6. The number of rotatable bonds is 8. The van der Waals surface area contributed by atoms with Gasteiger partial charge in [0.05, 0.1) is 0 Å². The number of nitrogens with one attached hydrogen (secondary N) is 1. The molecule has 0 fully saturated rings. The smallest absolute Gasteiger partial charge is 0.303 e. The van der Waals surface area contributed by atoms with E-state index in [1.807, 2.05) is 12.1 Å². The van der Waals surface area contributed by atoms with Crippen LogP contribution in [0.25, 0.3) is 10.1 Å². The standard InChI is InChI=1S/C16H19NO3S/c18-15(7-3-4-8-16(19)20)17-10-9-12-11-21-14-6-2-1-5-13(12)14/h1-2,5-6,11H,3-4,7-10H2,(H,17,18)(H,19,20). The summed E-state index contributed by atoms with van der Waals surface area (Å²) in [5.74, 6) is -0.806. The third kappa shape index (κ3) is 4.86. The fraction of sp³-hybridized carbons (Fsp3) is 0.375. The van der Waals surface area contributed by atoms with Crippen LogP contribution in [0.2, 0.25) is 0 Å². The molecule has 2 aromatic rings. The van der Waals surface area contributed by atoms with Crippen LogP contribution in [-0.4, -0.2) is 23.5 Å². The van der Waals surface area contributed by atoms with Gasteiger partial charge in [-0.3, -0.25) is 9.59 Å². The van der Waals surface area contributed by atoms with Crippen LogP contribution in [0.5, 0.6) is 0 Å². The molecule has 1 heterocycles. The number of hydrogen-bond acceptors (Lipinski definition) is 3. The van der Waals surface area contributed by atoms with E-state index in [4.69, 9.17) is 5.11 Å². The number of aliphatic carboxylic acids is 1. The number of carboxylic acids is 1. The van der Waals surface area contributed by atoms with Crippen molar-refractivity contribution in [1.82, 2.24) is 5.32 Å². The number of carbonyl (C=O) groups excluding carboxylic acids is 1. The molecule has 1 amide bonds. The quantitative estimate of drug-likeness (QED) is 0.736. The van der Waals surface area contributed by atoms with Crippen LogP contribution in [0.15, 0.2) is 29.6 Å². The highest BCUT2D eigenvalue weighted by Crippen LogP contribution is 2.25. The molecule has 0 aliphatic rings. The Bertz CT molecular complexity index is 621. The molecule has 2 N–H and O–H groups in total. The van der Waals surface area contributed by atoms with Gasteiger partial charge in [-0.2, -0.15) is 0 Å². The molecule has 0 spiro atoms. The molecule has 0 unspecified atom stereocenters. The Balaban J connectivity index is 1.69. The van der Waals surface area contributed by atoms with Crippen LogP contribution in [0.1, 0.15) is 31.2 Å². The predicted octanol–water partition coefficient (Wildman–Crippen LogP) is 3.21. The first-order valence-corrected chi connectivity index (χ1v) is 7.98. The molecule has 1 aromatic carbocycles. The van der Waals surface area contributed by atoms with E-state index in [9.17, 15) is 9.59 Å². The van der Waals surface area contributed by atoms with Crippen LogP contribution in [0, 0.1) is 0 Å². The molecular formula is C16H19NO3S. The molecule has 0 saturated carbocycles. The van der Waals surface area contributed by atoms with Crippen molar-refractivity contribution in [3.8, 4) is 0 Å². The van der Waals surface area contributed by atoms with Gasteiger partial charge in [0.2, 0.25) is 5.91 Å². The number of carboxylic acid groups (broad SMARTS) is 1. The molecule has 0 atom stereocenters. The number of fused-ring (bicyclic) bond motifs is 1. The summed E-state index contributed by atoms with van der Waals surface area (Å²) in [6.45, 7) is 0.624. The van der Waals surface area contributed by atoms with Gasteiger partial charge in [-0.25, -0.2) is 0 Å². The Kier molecular flexibility index (Phi) is 5.75. The van der Waals surface area contributed by atoms with Gasteiger partial charge in [-0.1, -0.05) is 18.2 Å². The molecule has 0 radical (unpaired) electrons. The summed E-state index contributed by atoms with van der Waals surface area (Å²) >= 11 is 1.72. The molecule has 0 saturated heterocycles. The van der Waals surface area contributed by atoms with Gasteiger partial charge >= 0.3 is 5.97 Å². The Morgan fingerprint density at radius 1 is 1.14 bits per heavy atom. The maximum Gasteiger partial charge on any atom is 0.303 e. The zero-order valence-electron chi connectivity index (χ0n) is 11.8. The monoisotopic (exact) mass is 305 g/mol. The number of hydrogen-bond donors (Lipinski definition) is 2. The van der Waals surface area contributed by atoms with Crippen LogP contribution < -0.4 is 5.32 Å². The maximum absolute atomic E-state index is 11.6. The van der Waals surface area contributed by atoms with Crippen molar-refractivity contribution in [2.45, 2.75) is 32.1 Å². The van der Waals surface area contributed by atoms with Crippen molar-refractivity contribution in [1.29, 1.82) is 0 Å². The summed E-state index contributed by atoms with van der Waals surface area (Å²) in [5.41, 5.74) is 1.27. The molecule has 0 aliphatic heterocycles. The van der Waals surface area contributed by atoms with Gasteiger partial charge in [-0.05, 0) is 41.7 Å². The second-order valence-corrected chi connectivity index (χ2v) is 5.87. The van der Waals surface area contributed by atoms with E-state index in [0.29, 0.717) is 25.8 Å². The lowest BCUT2D eigenvalue weighted by atomic mass is 10.1. The largest absolute Gasteiger partial charge is 0.481 e. The van der Waals surface area contributed by atoms with E-state index in [2.05, 4.69) is 22.8 Å². The van der Waals surface area contributed by atoms with Crippen LogP contribution in [0.4, 0.5) is 0 Å². The highest BCUT2D eigenvalue weighted by atomic mass is 32.1. The molecule has 0 aliphatic carbocycles. The molecule has 5 heteroatoms. The van der Waals surface area contributed by atoms with E-state index in [0.717, 1.165) is 6.42 Å². The van der Waals surface area contributed by atoms with Gasteiger partial charge in [0.15, 0.2) is 0 Å². The van der Waals surface area contributed by atoms with E-state index in [1.165, 1.54) is 15.6 Å². The van der Waals surface area contributed by atoms with Gasteiger partial charge in [-0.15, -0.1) is 11.3 Å². The van der Waals surface area contributed by atoms with Crippen LogP contribution in [-0.2, 0) is 16.0 Å². The van der Waals surface area contributed by atoms with Gasteiger partial charge in [0, 0.05) is 24.1 Å². The molecule has 1 aromatic heterocycles. The minimum Gasteiger partial charge on any atom is -0.481 e. The summed E-state index contributed by atoms with van der Waals surface area (Å²) in [4.78, 5) is 22.0. The second kappa shape index (κ2) is 7.78. The summed E-state index contributed by atoms with van der Waals surface area (Å²) in [6, 6.07) is 8.26. The number of unbranched alkanes of at least 4 members (excludes halogenated alkanes) is 1. The number of thiophene rings is 1. The van der Waals surface area contributed by atoms with Crippen molar-refractivity contribution in [3.63, 3.8) is 0 Å². The van der Waals surface area contributed by atoms with Crippen molar-refractivity contribution in [2.75, 3.05) is 6.54 Å². The minimum absolute atomic E-state index is 0.0000704. The first kappa shape index (κ1) is 15.5. The lowest BCUT2D eigenvalue weighted by Gasteiger charge is -2.04. The summed E-state index contributed by atoms with van der Waals surface area (Å²) in [6.07, 6.45) is 2.54. The highest BCUT2D eigenvalue weighted by molar-refractivity contribution is 7.17. The van der Waals surface area contributed by atoms with Crippen LogP contribution in [0.3, 0.4) is 0 Å². The zero-order chi connectivity index (χ0) is 15.1. The fourth-order valence-electron chi connectivity index (χ4n) is 2.21. The van der Waals surface area contributed by atoms with E-state index in [1.54, 1.807) is 11.3 Å². The van der Waals surface area contributed by atoms with Gasteiger partial charge in [0.25, 0.3) is 0 Å². The normalized spacial score (nSPS) is 10.7. The topological polar surface area (TPSA) is 66.4 Å². The molecule has 112 valence electrons. The van der Waals surface area contributed by atoms with E-state index >= 15 is 0 Å². The zero-order valence-corrected chi connectivity index (χ0v) is 12.6. The van der Waals surface area contributed by atoms with Crippen molar-refractivity contribution in [3.05, 3.63) is 35.2 Å². The second-order valence-electron chi connectivity index (χ2n) is 4.96. The SMILES string of the molecule is O=C(O)CCCCC(=O)NCCc1csc2ccccc12. The highest BCUT2D eigenvalue weighted by Gasteiger charge is 2.05. The third-order valence-electron chi connectivity index (χ3n) is 3.32. The molecular weight excluding hydrogens is 286 g/mol. The Morgan fingerprint density at radius 2 is 1.90 bits per heavy atom. The van der Waals surface area contributed by atoms with E-state index < -0.39 is 5.97 Å². The Labute approximate surface area is 127 Å². The summed E-state index contributed by atoms with van der Waals surface area (Å²) in [5, 5.41) is 14.8. The van der Waals surface area contributed by atoms with Gasteiger partial charge in [0.1, 0.15) is 0 Å².